The first-order valence-corrected chi connectivity index (χ1v) is 8.67. The van der Waals surface area contributed by atoms with Gasteiger partial charge < -0.3 is 9.73 Å². The third-order valence-electron chi connectivity index (χ3n) is 4.61. The van der Waals surface area contributed by atoms with Crippen molar-refractivity contribution in [3.05, 3.63) is 52.5 Å². The Bertz CT molecular complexity index is 784. The van der Waals surface area contributed by atoms with E-state index in [4.69, 9.17) is 4.42 Å². The number of hydrogen-bond donors (Lipinski definition) is 2. The summed E-state index contributed by atoms with van der Waals surface area (Å²) in [4.78, 5) is 11.9. The standard InChI is InChI=1S/C20H25N3O2/c1-12-7-14(3)20(15(4)8-12)21-11-19(24)23-22-10-16-5-6-18(25-16)17-9-13(17)2/h5-8,10,13,17,21H,9,11H2,1-4H3,(H,23,24)/b22-10-/t13-,17+/m0/s1. The lowest BCUT2D eigenvalue weighted by Crippen LogP contribution is -2.26. The van der Waals surface area contributed by atoms with Crippen molar-refractivity contribution in [3.8, 4) is 0 Å². The zero-order valence-electron chi connectivity index (χ0n) is 15.2. The van der Waals surface area contributed by atoms with E-state index in [-0.39, 0.29) is 12.5 Å². The Hall–Kier alpha value is -2.56. The number of rotatable bonds is 6. The summed E-state index contributed by atoms with van der Waals surface area (Å²) in [6, 6.07) is 8.07. The van der Waals surface area contributed by atoms with Crippen LogP contribution in [0.4, 0.5) is 5.69 Å². The molecule has 1 amide bonds. The van der Waals surface area contributed by atoms with Crippen LogP contribution >= 0.6 is 0 Å². The van der Waals surface area contributed by atoms with Gasteiger partial charge in [0.25, 0.3) is 5.91 Å². The van der Waals surface area contributed by atoms with Crippen LogP contribution in [0.5, 0.6) is 0 Å². The van der Waals surface area contributed by atoms with Crippen molar-refractivity contribution >= 4 is 17.8 Å². The zero-order chi connectivity index (χ0) is 18.0. The number of amides is 1. The fourth-order valence-electron chi connectivity index (χ4n) is 3.19. The number of nitrogens with one attached hydrogen (secondary N) is 2. The highest BCUT2D eigenvalue weighted by molar-refractivity contribution is 5.83. The van der Waals surface area contributed by atoms with E-state index in [1.54, 1.807) is 0 Å². The third-order valence-corrected chi connectivity index (χ3v) is 4.61. The number of carbonyl (C=O) groups excluding carboxylic acids is 1. The van der Waals surface area contributed by atoms with Crippen molar-refractivity contribution in [1.29, 1.82) is 0 Å². The second-order valence-electron chi connectivity index (χ2n) is 6.98. The minimum absolute atomic E-state index is 0.172. The van der Waals surface area contributed by atoms with Crippen LogP contribution in [0.1, 0.15) is 47.5 Å². The summed E-state index contributed by atoms with van der Waals surface area (Å²) in [5.74, 6) is 2.72. The van der Waals surface area contributed by atoms with Gasteiger partial charge in [0.15, 0.2) is 0 Å². The van der Waals surface area contributed by atoms with Gasteiger partial charge in [0.05, 0.1) is 12.8 Å². The van der Waals surface area contributed by atoms with Gasteiger partial charge in [-0.15, -0.1) is 0 Å². The monoisotopic (exact) mass is 339 g/mol. The number of hydrazone groups is 1. The van der Waals surface area contributed by atoms with E-state index in [9.17, 15) is 4.79 Å². The average Bonchev–Trinajstić information content (AvgIpc) is 3.07. The number of carbonyl (C=O) groups is 1. The van der Waals surface area contributed by atoms with Gasteiger partial charge in [-0.25, -0.2) is 5.43 Å². The molecule has 1 heterocycles. The van der Waals surface area contributed by atoms with Gasteiger partial charge in [-0.1, -0.05) is 24.6 Å². The smallest absolute Gasteiger partial charge is 0.259 e. The van der Waals surface area contributed by atoms with Crippen LogP contribution in [0, 0.1) is 26.7 Å². The normalized spacial score (nSPS) is 19.2. The molecule has 1 aromatic heterocycles. The number of anilines is 1. The molecule has 1 aromatic carbocycles. The second-order valence-corrected chi connectivity index (χ2v) is 6.98. The van der Waals surface area contributed by atoms with Crippen molar-refractivity contribution < 1.29 is 9.21 Å². The molecule has 5 nitrogen and oxygen atoms in total. The zero-order valence-corrected chi connectivity index (χ0v) is 15.2. The van der Waals surface area contributed by atoms with Crippen molar-refractivity contribution in [2.75, 3.05) is 11.9 Å². The quantitative estimate of drug-likeness (QED) is 0.620. The first-order valence-electron chi connectivity index (χ1n) is 8.67. The van der Waals surface area contributed by atoms with Crippen LogP contribution in [0.2, 0.25) is 0 Å². The van der Waals surface area contributed by atoms with Crippen LogP contribution in [-0.4, -0.2) is 18.7 Å². The number of furan rings is 1. The maximum atomic E-state index is 11.9. The lowest BCUT2D eigenvalue weighted by molar-refractivity contribution is -0.119. The molecule has 0 radical (unpaired) electrons. The van der Waals surface area contributed by atoms with Gasteiger partial charge >= 0.3 is 0 Å². The van der Waals surface area contributed by atoms with Gasteiger partial charge in [-0.05, 0) is 56.4 Å². The van der Waals surface area contributed by atoms with E-state index in [0.717, 1.165) is 22.6 Å². The van der Waals surface area contributed by atoms with Crippen molar-refractivity contribution in [1.82, 2.24) is 5.43 Å². The molecule has 1 fully saturated rings. The molecule has 2 aromatic rings. The van der Waals surface area contributed by atoms with E-state index in [2.05, 4.69) is 41.8 Å². The summed E-state index contributed by atoms with van der Waals surface area (Å²) in [6.07, 6.45) is 2.72. The van der Waals surface area contributed by atoms with Gasteiger partial charge in [-0.3, -0.25) is 4.79 Å². The van der Waals surface area contributed by atoms with Crippen LogP contribution < -0.4 is 10.7 Å². The molecular weight excluding hydrogens is 314 g/mol. The lowest BCUT2D eigenvalue weighted by Gasteiger charge is -2.13. The first kappa shape index (κ1) is 17.3. The summed E-state index contributed by atoms with van der Waals surface area (Å²) in [5.41, 5.74) is 7.00. The van der Waals surface area contributed by atoms with Gasteiger partial charge in [0.2, 0.25) is 0 Å². The predicted molar refractivity (Wildman–Crippen MR) is 100 cm³/mol. The summed E-state index contributed by atoms with van der Waals surface area (Å²) in [6.45, 7) is 8.52. The molecular formula is C20H25N3O2. The first-order chi connectivity index (χ1) is 11.9. The predicted octanol–water partition coefficient (Wildman–Crippen LogP) is 3.89. The second kappa shape index (κ2) is 7.13. The number of nitrogens with zero attached hydrogens (tertiary/aromatic N) is 1. The number of aryl methyl sites for hydroxylation is 3. The molecule has 0 saturated heterocycles. The van der Waals surface area contributed by atoms with Gasteiger partial charge in [-0.2, -0.15) is 5.10 Å². The summed E-state index contributed by atoms with van der Waals surface area (Å²) < 4.78 is 5.72. The maximum absolute atomic E-state index is 11.9. The molecule has 0 bridgehead atoms. The van der Waals surface area contributed by atoms with Crippen molar-refractivity contribution in [2.45, 2.75) is 40.0 Å². The summed E-state index contributed by atoms with van der Waals surface area (Å²) >= 11 is 0. The molecule has 0 aliphatic heterocycles. The Kier molecular flexibility index (Phi) is 4.93. The molecule has 1 aliphatic rings. The largest absolute Gasteiger partial charge is 0.460 e. The Morgan fingerprint density at radius 2 is 1.96 bits per heavy atom. The molecule has 2 N–H and O–H groups in total. The Morgan fingerprint density at radius 3 is 2.60 bits per heavy atom. The number of benzene rings is 1. The van der Waals surface area contributed by atoms with Crippen LogP contribution in [-0.2, 0) is 4.79 Å². The Morgan fingerprint density at radius 1 is 1.28 bits per heavy atom. The Labute approximate surface area is 148 Å². The van der Waals surface area contributed by atoms with E-state index < -0.39 is 0 Å². The van der Waals surface area contributed by atoms with E-state index >= 15 is 0 Å². The molecule has 0 spiro atoms. The molecule has 25 heavy (non-hydrogen) atoms. The molecule has 0 unspecified atom stereocenters. The SMILES string of the molecule is Cc1cc(C)c(NCC(=O)N/N=C\c2ccc([C@@H]3C[C@@H]3C)o2)c(C)c1. The van der Waals surface area contributed by atoms with Gasteiger partial charge in [0.1, 0.15) is 11.5 Å². The molecule has 1 aliphatic carbocycles. The topological polar surface area (TPSA) is 66.6 Å². The van der Waals surface area contributed by atoms with Crippen molar-refractivity contribution in [3.63, 3.8) is 0 Å². The minimum atomic E-state index is -0.196. The average molecular weight is 339 g/mol. The van der Waals surface area contributed by atoms with Gasteiger partial charge in [0, 0.05) is 11.6 Å². The molecule has 132 valence electrons. The highest BCUT2D eigenvalue weighted by atomic mass is 16.3. The van der Waals surface area contributed by atoms with Crippen molar-refractivity contribution in [2.24, 2.45) is 11.0 Å². The highest BCUT2D eigenvalue weighted by Gasteiger charge is 2.36. The summed E-state index contributed by atoms with van der Waals surface area (Å²) in [5, 5.41) is 7.15. The van der Waals surface area contributed by atoms with E-state index in [1.165, 1.54) is 18.2 Å². The molecule has 5 heteroatoms. The molecule has 1 saturated carbocycles. The minimum Gasteiger partial charge on any atom is -0.460 e. The molecule has 2 atom stereocenters. The van der Waals surface area contributed by atoms with E-state index in [0.29, 0.717) is 17.6 Å². The van der Waals surface area contributed by atoms with Crippen LogP contribution in [0.3, 0.4) is 0 Å². The fraction of sp³-hybridized carbons (Fsp3) is 0.400. The van der Waals surface area contributed by atoms with Crippen LogP contribution in [0.15, 0.2) is 33.8 Å². The highest BCUT2D eigenvalue weighted by Crippen LogP contribution is 2.47. The maximum Gasteiger partial charge on any atom is 0.259 e. The fourth-order valence-corrected chi connectivity index (χ4v) is 3.19. The Balaban J connectivity index is 1.49. The third kappa shape index (κ3) is 4.29. The van der Waals surface area contributed by atoms with Crippen LogP contribution in [0.25, 0.3) is 0 Å². The summed E-state index contributed by atoms with van der Waals surface area (Å²) in [7, 11) is 0. The van der Waals surface area contributed by atoms with E-state index in [1.807, 2.05) is 26.0 Å². The lowest BCUT2D eigenvalue weighted by atomic mass is 10.1. The molecule has 3 rings (SSSR count). The number of hydrogen-bond acceptors (Lipinski definition) is 4.